The van der Waals surface area contributed by atoms with Crippen LogP contribution in [0, 0.1) is 0 Å². The van der Waals surface area contributed by atoms with E-state index in [1.807, 2.05) is 0 Å². The smallest absolute Gasteiger partial charge is 0.0424 e. The summed E-state index contributed by atoms with van der Waals surface area (Å²) in [4.78, 5) is 0. The Bertz CT molecular complexity index is 405. The molecular formula is C13H15N. The van der Waals surface area contributed by atoms with Crippen molar-refractivity contribution < 1.29 is 0 Å². The Hall–Kier alpha value is -1.24. The average Bonchev–Trinajstić information content (AvgIpc) is 2.51. The summed E-state index contributed by atoms with van der Waals surface area (Å²) < 4.78 is 0. The van der Waals surface area contributed by atoms with Crippen molar-refractivity contribution in [3.8, 4) is 0 Å². The Balaban J connectivity index is 2.21. The van der Waals surface area contributed by atoms with Crippen LogP contribution in [0.5, 0.6) is 0 Å². The van der Waals surface area contributed by atoms with Gasteiger partial charge in [-0.2, -0.15) is 0 Å². The molecule has 1 N–H and O–H groups in total. The third-order valence-corrected chi connectivity index (χ3v) is 3.61. The predicted molar refractivity (Wildman–Crippen MR) is 59.4 cm³/mol. The molecule has 0 amide bonds. The molecule has 1 atom stereocenters. The quantitative estimate of drug-likeness (QED) is 0.653. The van der Waals surface area contributed by atoms with Crippen molar-refractivity contribution in [1.82, 2.24) is 0 Å². The summed E-state index contributed by atoms with van der Waals surface area (Å²) in [5.74, 6) is 0. The van der Waals surface area contributed by atoms with Crippen LogP contribution in [0.4, 0.5) is 5.69 Å². The summed E-state index contributed by atoms with van der Waals surface area (Å²) in [5.41, 5.74) is 4.48. The molecule has 1 aliphatic heterocycles. The standard InChI is InChI=1S/C13H15N/c1-13-9-5-4-8-12(13)14-11-7-3-2-6-10(11)13/h2-3,6-8,14H,4-5,9H2,1H3. The molecule has 0 fully saturated rings. The molecule has 1 aromatic carbocycles. The monoisotopic (exact) mass is 185 g/mol. The maximum absolute atomic E-state index is 3.54. The van der Waals surface area contributed by atoms with Gasteiger partial charge in [0.2, 0.25) is 0 Å². The summed E-state index contributed by atoms with van der Waals surface area (Å²) in [6.45, 7) is 2.36. The number of hydrogen-bond acceptors (Lipinski definition) is 1. The van der Waals surface area contributed by atoms with Crippen molar-refractivity contribution in [3.63, 3.8) is 0 Å². The van der Waals surface area contributed by atoms with Crippen molar-refractivity contribution in [2.75, 3.05) is 5.32 Å². The van der Waals surface area contributed by atoms with Gasteiger partial charge in [-0.05, 0) is 37.8 Å². The lowest BCUT2D eigenvalue weighted by molar-refractivity contribution is 0.483. The molecule has 3 rings (SSSR count). The molecule has 72 valence electrons. The first kappa shape index (κ1) is 8.10. The van der Waals surface area contributed by atoms with Crippen LogP contribution in [-0.2, 0) is 5.41 Å². The van der Waals surface area contributed by atoms with Gasteiger partial charge in [-0.3, -0.25) is 0 Å². The number of para-hydroxylation sites is 1. The highest BCUT2D eigenvalue weighted by atomic mass is 15.0. The van der Waals surface area contributed by atoms with E-state index in [2.05, 4.69) is 42.6 Å². The van der Waals surface area contributed by atoms with Gasteiger partial charge in [0, 0.05) is 16.8 Å². The summed E-state index contributed by atoms with van der Waals surface area (Å²) in [7, 11) is 0. The van der Waals surface area contributed by atoms with Gasteiger partial charge in [-0.25, -0.2) is 0 Å². The number of allylic oxidation sites excluding steroid dienone is 2. The van der Waals surface area contributed by atoms with Gasteiger partial charge in [-0.1, -0.05) is 24.3 Å². The highest BCUT2D eigenvalue weighted by molar-refractivity contribution is 5.68. The Morgan fingerprint density at radius 2 is 2.14 bits per heavy atom. The Morgan fingerprint density at radius 1 is 1.29 bits per heavy atom. The number of fused-ring (bicyclic) bond motifs is 3. The average molecular weight is 185 g/mol. The lowest BCUT2D eigenvalue weighted by atomic mass is 9.74. The van der Waals surface area contributed by atoms with Gasteiger partial charge in [-0.15, -0.1) is 0 Å². The summed E-state index contributed by atoms with van der Waals surface area (Å²) in [5, 5.41) is 3.54. The van der Waals surface area contributed by atoms with E-state index in [0.717, 1.165) is 0 Å². The lowest BCUT2D eigenvalue weighted by Crippen LogP contribution is -2.24. The second-order valence-corrected chi connectivity index (χ2v) is 4.51. The Kier molecular flexibility index (Phi) is 1.52. The molecule has 0 spiro atoms. The van der Waals surface area contributed by atoms with E-state index in [4.69, 9.17) is 0 Å². The maximum atomic E-state index is 3.54. The molecule has 2 aliphatic rings. The van der Waals surface area contributed by atoms with Crippen molar-refractivity contribution in [1.29, 1.82) is 0 Å². The van der Waals surface area contributed by atoms with E-state index in [-0.39, 0.29) is 5.41 Å². The van der Waals surface area contributed by atoms with Gasteiger partial charge >= 0.3 is 0 Å². The molecule has 0 radical (unpaired) electrons. The Morgan fingerprint density at radius 3 is 3.07 bits per heavy atom. The number of benzene rings is 1. The summed E-state index contributed by atoms with van der Waals surface area (Å²) in [6, 6.07) is 8.69. The molecule has 0 saturated heterocycles. The molecule has 14 heavy (non-hydrogen) atoms. The molecule has 1 nitrogen and oxygen atoms in total. The second-order valence-electron chi connectivity index (χ2n) is 4.51. The third kappa shape index (κ3) is 0.899. The van der Waals surface area contributed by atoms with Crippen LogP contribution in [0.1, 0.15) is 31.7 Å². The highest BCUT2D eigenvalue weighted by Gasteiger charge is 2.39. The topological polar surface area (TPSA) is 12.0 Å². The van der Waals surface area contributed by atoms with Crippen LogP contribution in [0.15, 0.2) is 36.0 Å². The molecule has 1 heterocycles. The fraction of sp³-hybridized carbons (Fsp3) is 0.385. The zero-order valence-electron chi connectivity index (χ0n) is 8.51. The highest BCUT2D eigenvalue weighted by Crippen LogP contribution is 2.48. The number of hydrogen-bond donors (Lipinski definition) is 1. The van der Waals surface area contributed by atoms with Gasteiger partial charge < -0.3 is 5.32 Å². The number of nitrogens with one attached hydrogen (secondary N) is 1. The first-order chi connectivity index (χ1) is 6.81. The minimum Gasteiger partial charge on any atom is -0.358 e. The van der Waals surface area contributed by atoms with Crippen molar-refractivity contribution in [3.05, 3.63) is 41.6 Å². The van der Waals surface area contributed by atoms with Crippen LogP contribution < -0.4 is 5.32 Å². The number of anilines is 1. The van der Waals surface area contributed by atoms with E-state index in [1.165, 1.54) is 36.2 Å². The van der Waals surface area contributed by atoms with Crippen LogP contribution in [0.2, 0.25) is 0 Å². The van der Waals surface area contributed by atoms with Gasteiger partial charge in [0.15, 0.2) is 0 Å². The lowest BCUT2D eigenvalue weighted by Gasteiger charge is -2.29. The van der Waals surface area contributed by atoms with E-state index in [1.54, 1.807) is 0 Å². The van der Waals surface area contributed by atoms with E-state index < -0.39 is 0 Å². The predicted octanol–water partition coefficient (Wildman–Crippen LogP) is 3.44. The molecule has 0 bridgehead atoms. The van der Waals surface area contributed by atoms with Gasteiger partial charge in [0.1, 0.15) is 0 Å². The number of rotatable bonds is 0. The SMILES string of the molecule is CC12CCCC=C1Nc1ccccc12. The molecule has 1 aromatic rings. The molecular weight excluding hydrogens is 170 g/mol. The van der Waals surface area contributed by atoms with E-state index in [9.17, 15) is 0 Å². The largest absolute Gasteiger partial charge is 0.358 e. The fourth-order valence-electron chi connectivity index (χ4n) is 2.75. The van der Waals surface area contributed by atoms with Crippen molar-refractivity contribution in [2.24, 2.45) is 0 Å². The zero-order chi connectivity index (χ0) is 9.60. The molecule has 0 saturated carbocycles. The van der Waals surface area contributed by atoms with Gasteiger partial charge in [0.25, 0.3) is 0 Å². The van der Waals surface area contributed by atoms with Crippen LogP contribution in [-0.4, -0.2) is 0 Å². The third-order valence-electron chi connectivity index (χ3n) is 3.61. The van der Waals surface area contributed by atoms with Crippen LogP contribution >= 0.6 is 0 Å². The summed E-state index contributed by atoms with van der Waals surface area (Å²) >= 11 is 0. The van der Waals surface area contributed by atoms with E-state index >= 15 is 0 Å². The van der Waals surface area contributed by atoms with Crippen molar-refractivity contribution in [2.45, 2.75) is 31.6 Å². The minimum absolute atomic E-state index is 0.273. The fourth-order valence-corrected chi connectivity index (χ4v) is 2.75. The first-order valence-corrected chi connectivity index (χ1v) is 5.38. The van der Waals surface area contributed by atoms with Crippen molar-refractivity contribution >= 4 is 5.69 Å². The summed E-state index contributed by atoms with van der Waals surface area (Å²) in [6.07, 6.45) is 6.19. The molecule has 1 heteroatoms. The Labute approximate surface area is 84.8 Å². The maximum Gasteiger partial charge on any atom is 0.0424 e. The minimum atomic E-state index is 0.273. The van der Waals surface area contributed by atoms with Crippen LogP contribution in [0.25, 0.3) is 0 Å². The normalized spacial score (nSPS) is 28.8. The first-order valence-electron chi connectivity index (χ1n) is 5.38. The molecule has 1 aliphatic carbocycles. The molecule has 0 aromatic heterocycles. The zero-order valence-corrected chi connectivity index (χ0v) is 8.51. The van der Waals surface area contributed by atoms with Crippen LogP contribution in [0.3, 0.4) is 0 Å². The molecule has 1 unspecified atom stereocenters. The van der Waals surface area contributed by atoms with E-state index in [0.29, 0.717) is 0 Å². The van der Waals surface area contributed by atoms with Gasteiger partial charge in [0.05, 0.1) is 0 Å². The second kappa shape index (κ2) is 2.63.